The molecule has 0 saturated carbocycles. The summed E-state index contributed by atoms with van der Waals surface area (Å²) in [4.78, 5) is 10.2. The van der Waals surface area contributed by atoms with Crippen LogP contribution in [0.25, 0.3) is 5.32 Å². The standard InChI is InChI=1S/C6H8NO2.CH3.Y/c8-6(9)5-1-3-7-4-2-5;;/h1H,2-4H2,(H,8,9);1H3;/q2*-1;. The number of carboxylic acid groups (broad SMARTS) is 1. The first kappa shape index (κ1) is 13.8. The molecule has 1 N–H and O–H groups in total. The van der Waals surface area contributed by atoms with Gasteiger partial charge in [-0.2, -0.15) is 0 Å². The molecular formula is C7H11NO2Y-2. The molecule has 1 heterocycles. The summed E-state index contributed by atoms with van der Waals surface area (Å²) in [6.07, 6.45) is 2.25. The number of hydrogen-bond acceptors (Lipinski definition) is 1. The van der Waals surface area contributed by atoms with Crippen molar-refractivity contribution in [2.45, 2.75) is 6.42 Å². The first-order valence-corrected chi connectivity index (χ1v) is 2.86. The minimum atomic E-state index is -0.801. The number of carbonyl (C=O) groups is 1. The average molecular weight is 230 g/mol. The Morgan fingerprint density at radius 3 is 2.55 bits per heavy atom. The third-order valence-electron chi connectivity index (χ3n) is 1.28. The van der Waals surface area contributed by atoms with Gasteiger partial charge in [0.25, 0.3) is 0 Å². The third kappa shape index (κ3) is 4.67. The smallest absolute Gasteiger partial charge is 0.331 e. The van der Waals surface area contributed by atoms with Gasteiger partial charge in [0, 0.05) is 38.3 Å². The summed E-state index contributed by atoms with van der Waals surface area (Å²) in [6.45, 7) is 1.24. The van der Waals surface area contributed by atoms with E-state index in [9.17, 15) is 4.79 Å². The molecule has 0 atom stereocenters. The van der Waals surface area contributed by atoms with E-state index in [2.05, 4.69) is 5.32 Å². The Morgan fingerprint density at radius 2 is 2.27 bits per heavy atom. The Morgan fingerprint density at radius 1 is 1.64 bits per heavy atom. The maximum atomic E-state index is 10.2. The third-order valence-corrected chi connectivity index (χ3v) is 1.28. The van der Waals surface area contributed by atoms with Crippen molar-refractivity contribution < 1.29 is 42.6 Å². The predicted octanol–water partition coefficient (Wildman–Crippen LogP) is 1.22. The van der Waals surface area contributed by atoms with Crippen molar-refractivity contribution in [2.75, 3.05) is 13.1 Å². The van der Waals surface area contributed by atoms with Gasteiger partial charge >= 0.3 is 5.97 Å². The molecule has 1 aliphatic heterocycles. The van der Waals surface area contributed by atoms with E-state index in [0.29, 0.717) is 25.1 Å². The van der Waals surface area contributed by atoms with Gasteiger partial charge in [0.15, 0.2) is 0 Å². The molecule has 0 bridgehead atoms. The molecule has 61 valence electrons. The molecule has 0 unspecified atom stereocenters. The van der Waals surface area contributed by atoms with Crippen LogP contribution in [0.1, 0.15) is 6.42 Å². The van der Waals surface area contributed by atoms with Crippen LogP contribution < -0.4 is 0 Å². The van der Waals surface area contributed by atoms with Crippen LogP contribution in [-0.4, -0.2) is 24.2 Å². The van der Waals surface area contributed by atoms with Crippen molar-refractivity contribution in [3.63, 3.8) is 0 Å². The SMILES string of the molecule is O=C(O)C1=CC[N-]CC1.[CH3-].[Y]. The van der Waals surface area contributed by atoms with E-state index in [-0.39, 0.29) is 40.1 Å². The monoisotopic (exact) mass is 230 g/mol. The van der Waals surface area contributed by atoms with Crippen molar-refractivity contribution >= 4 is 5.97 Å². The second kappa shape index (κ2) is 6.95. The van der Waals surface area contributed by atoms with Gasteiger partial charge in [-0.05, 0) is 6.42 Å². The van der Waals surface area contributed by atoms with Gasteiger partial charge in [-0.3, -0.25) is 0 Å². The fourth-order valence-electron chi connectivity index (χ4n) is 0.762. The normalized spacial score (nSPS) is 15.5. The molecule has 1 rings (SSSR count). The molecule has 0 aromatic rings. The molecule has 3 nitrogen and oxygen atoms in total. The summed E-state index contributed by atoms with van der Waals surface area (Å²) in [5.74, 6) is -0.801. The van der Waals surface area contributed by atoms with Crippen LogP contribution in [0, 0.1) is 7.43 Å². The zero-order valence-electron chi connectivity index (χ0n) is 6.58. The predicted molar refractivity (Wildman–Crippen MR) is 39.8 cm³/mol. The minimum absolute atomic E-state index is 0. The van der Waals surface area contributed by atoms with Crippen LogP contribution in [0.15, 0.2) is 11.6 Å². The summed E-state index contributed by atoms with van der Waals surface area (Å²) in [7, 11) is 0. The second-order valence-corrected chi connectivity index (χ2v) is 1.91. The van der Waals surface area contributed by atoms with E-state index in [1.165, 1.54) is 0 Å². The van der Waals surface area contributed by atoms with Crippen molar-refractivity contribution in [3.05, 3.63) is 24.4 Å². The summed E-state index contributed by atoms with van der Waals surface area (Å²) in [5, 5.41) is 12.4. The molecule has 0 aromatic heterocycles. The molecule has 0 aliphatic carbocycles. The largest absolute Gasteiger partial charge is 0.659 e. The molecule has 11 heavy (non-hydrogen) atoms. The van der Waals surface area contributed by atoms with Gasteiger partial charge in [-0.1, -0.05) is 6.08 Å². The molecule has 0 saturated heterocycles. The number of aliphatic carboxylic acids is 1. The number of hydrogen-bond donors (Lipinski definition) is 1. The molecule has 0 fully saturated rings. The average Bonchev–Trinajstić information content (AvgIpc) is 1.90. The van der Waals surface area contributed by atoms with Gasteiger partial charge in [-0.25, -0.2) is 4.79 Å². The Labute approximate surface area is 92.1 Å². The van der Waals surface area contributed by atoms with Crippen LogP contribution >= 0.6 is 0 Å². The Kier molecular flexibility index (Phi) is 8.74. The molecule has 0 aromatic carbocycles. The fourth-order valence-corrected chi connectivity index (χ4v) is 0.762. The van der Waals surface area contributed by atoms with E-state index < -0.39 is 5.97 Å². The number of nitrogens with zero attached hydrogens (tertiary/aromatic N) is 1. The van der Waals surface area contributed by atoms with E-state index >= 15 is 0 Å². The Balaban J connectivity index is 0. The van der Waals surface area contributed by atoms with Gasteiger partial charge in [0.05, 0.1) is 0 Å². The van der Waals surface area contributed by atoms with Crippen molar-refractivity contribution in [2.24, 2.45) is 0 Å². The first-order chi connectivity index (χ1) is 4.30. The second-order valence-electron chi connectivity index (χ2n) is 1.91. The first-order valence-electron chi connectivity index (χ1n) is 2.86. The zero-order chi connectivity index (χ0) is 6.69. The summed E-state index contributed by atoms with van der Waals surface area (Å²) in [6, 6.07) is 0. The molecule has 0 spiro atoms. The van der Waals surface area contributed by atoms with Crippen LogP contribution in [0.5, 0.6) is 0 Å². The quantitative estimate of drug-likeness (QED) is 0.688. The van der Waals surface area contributed by atoms with Gasteiger partial charge in [-0.15, -0.1) is 13.1 Å². The van der Waals surface area contributed by atoms with Gasteiger partial charge in [0.2, 0.25) is 0 Å². The van der Waals surface area contributed by atoms with E-state index in [4.69, 9.17) is 5.11 Å². The summed E-state index contributed by atoms with van der Waals surface area (Å²) in [5.41, 5.74) is 0.505. The van der Waals surface area contributed by atoms with Crippen molar-refractivity contribution in [1.82, 2.24) is 0 Å². The molecular weight excluding hydrogens is 219 g/mol. The van der Waals surface area contributed by atoms with Crippen LogP contribution in [-0.2, 0) is 37.5 Å². The summed E-state index contributed by atoms with van der Waals surface area (Å²) < 4.78 is 0. The van der Waals surface area contributed by atoms with Crippen LogP contribution in [0.2, 0.25) is 0 Å². The molecule has 1 radical (unpaired) electrons. The van der Waals surface area contributed by atoms with E-state index in [1.807, 2.05) is 0 Å². The minimum Gasteiger partial charge on any atom is -0.659 e. The van der Waals surface area contributed by atoms with Crippen molar-refractivity contribution in [3.8, 4) is 0 Å². The molecule has 1 aliphatic rings. The zero-order valence-corrected chi connectivity index (χ0v) is 9.42. The number of carboxylic acids is 1. The van der Waals surface area contributed by atoms with Crippen LogP contribution in [0.4, 0.5) is 0 Å². The van der Waals surface area contributed by atoms with Gasteiger partial charge in [0.1, 0.15) is 0 Å². The Hall–Kier alpha value is 0.274. The maximum absolute atomic E-state index is 10.2. The molecule has 0 amide bonds. The molecule has 4 heteroatoms. The van der Waals surface area contributed by atoms with E-state index in [0.717, 1.165) is 0 Å². The topological polar surface area (TPSA) is 51.4 Å². The van der Waals surface area contributed by atoms with Gasteiger partial charge < -0.3 is 17.8 Å². The Bertz CT molecular complexity index is 157. The number of rotatable bonds is 1. The van der Waals surface area contributed by atoms with Crippen LogP contribution in [0.3, 0.4) is 0 Å². The van der Waals surface area contributed by atoms with E-state index in [1.54, 1.807) is 6.08 Å². The van der Waals surface area contributed by atoms with Crippen molar-refractivity contribution in [1.29, 1.82) is 0 Å². The maximum Gasteiger partial charge on any atom is 0.331 e. The fraction of sp³-hybridized carbons (Fsp3) is 0.429. The summed E-state index contributed by atoms with van der Waals surface area (Å²) >= 11 is 0.